The predicted molar refractivity (Wildman–Crippen MR) is 99.2 cm³/mol. The van der Waals surface area contributed by atoms with Gasteiger partial charge in [0, 0.05) is 18.2 Å². The Labute approximate surface area is 153 Å². The summed E-state index contributed by atoms with van der Waals surface area (Å²) in [6, 6.07) is 14.8. The van der Waals surface area contributed by atoms with Gasteiger partial charge in [-0.15, -0.1) is 12.4 Å². The van der Waals surface area contributed by atoms with E-state index in [0.717, 1.165) is 30.6 Å². The van der Waals surface area contributed by atoms with Crippen molar-refractivity contribution < 1.29 is 14.3 Å². The van der Waals surface area contributed by atoms with Crippen LogP contribution in [0, 0.1) is 0 Å². The highest BCUT2D eigenvalue weighted by molar-refractivity contribution is 5.96. The largest absolute Gasteiger partial charge is 0.465 e. The number of esters is 1. The van der Waals surface area contributed by atoms with Crippen molar-refractivity contribution in [3.63, 3.8) is 0 Å². The van der Waals surface area contributed by atoms with E-state index in [1.54, 1.807) is 24.3 Å². The zero-order chi connectivity index (χ0) is 16.9. The smallest absolute Gasteiger partial charge is 0.337 e. The van der Waals surface area contributed by atoms with Gasteiger partial charge in [0.2, 0.25) is 0 Å². The van der Waals surface area contributed by atoms with Gasteiger partial charge in [-0.2, -0.15) is 0 Å². The van der Waals surface area contributed by atoms with E-state index in [4.69, 9.17) is 4.74 Å². The number of hydrogen-bond donors (Lipinski definition) is 2. The van der Waals surface area contributed by atoms with E-state index in [0.29, 0.717) is 11.1 Å². The first-order valence-corrected chi connectivity index (χ1v) is 7.98. The molecule has 1 fully saturated rings. The third-order valence-electron chi connectivity index (χ3n) is 4.14. The van der Waals surface area contributed by atoms with Crippen LogP contribution in [-0.4, -0.2) is 38.1 Å². The van der Waals surface area contributed by atoms with Crippen LogP contribution in [0.2, 0.25) is 0 Å². The highest BCUT2D eigenvalue weighted by Crippen LogP contribution is 2.22. The Morgan fingerprint density at radius 3 is 2.32 bits per heavy atom. The Morgan fingerprint density at radius 1 is 1.08 bits per heavy atom. The minimum absolute atomic E-state index is 0. The summed E-state index contributed by atoms with van der Waals surface area (Å²) in [7, 11) is 1.36. The number of rotatable bonds is 4. The lowest BCUT2D eigenvalue weighted by Crippen LogP contribution is -2.36. The van der Waals surface area contributed by atoms with Crippen molar-refractivity contribution in [2.24, 2.45) is 0 Å². The van der Waals surface area contributed by atoms with Crippen LogP contribution in [0.4, 0.5) is 0 Å². The number of methoxy groups -OCH3 is 1. The standard InChI is InChI=1S/C19H20N2O3.ClH/c1-24-19(23)16-7-3-5-14(11-16)13-4-2-6-15(10-13)18(22)21-17-8-9-20-12-17;/h2-7,10-11,17,20H,8-9,12H2,1H3,(H,21,22);1H. The molecule has 1 saturated heterocycles. The van der Waals surface area contributed by atoms with Gasteiger partial charge in [0.1, 0.15) is 0 Å². The molecule has 2 aromatic carbocycles. The number of ether oxygens (including phenoxy) is 1. The third kappa shape index (κ3) is 4.59. The SMILES string of the molecule is COC(=O)c1cccc(-c2cccc(C(=O)NC3CCNC3)c2)c1.Cl. The summed E-state index contributed by atoms with van der Waals surface area (Å²) >= 11 is 0. The van der Waals surface area contributed by atoms with Crippen molar-refractivity contribution in [3.8, 4) is 11.1 Å². The summed E-state index contributed by atoms with van der Waals surface area (Å²) in [6.07, 6.45) is 0.951. The molecule has 6 heteroatoms. The van der Waals surface area contributed by atoms with Gasteiger partial charge in [-0.05, 0) is 48.4 Å². The van der Waals surface area contributed by atoms with Crippen LogP contribution in [-0.2, 0) is 4.74 Å². The molecule has 1 amide bonds. The number of benzene rings is 2. The summed E-state index contributed by atoms with van der Waals surface area (Å²) in [5.41, 5.74) is 2.86. The highest BCUT2D eigenvalue weighted by Gasteiger charge is 2.17. The van der Waals surface area contributed by atoms with E-state index in [2.05, 4.69) is 10.6 Å². The van der Waals surface area contributed by atoms with Crippen LogP contribution in [0.15, 0.2) is 48.5 Å². The summed E-state index contributed by atoms with van der Waals surface area (Å²) < 4.78 is 4.75. The topological polar surface area (TPSA) is 67.4 Å². The van der Waals surface area contributed by atoms with Crippen molar-refractivity contribution >= 4 is 24.3 Å². The average molecular weight is 361 g/mol. The summed E-state index contributed by atoms with van der Waals surface area (Å²) in [6.45, 7) is 1.75. The minimum atomic E-state index is -0.375. The third-order valence-corrected chi connectivity index (χ3v) is 4.14. The number of halogens is 1. The number of nitrogens with one attached hydrogen (secondary N) is 2. The van der Waals surface area contributed by atoms with E-state index in [-0.39, 0.29) is 30.3 Å². The van der Waals surface area contributed by atoms with Gasteiger partial charge in [-0.3, -0.25) is 4.79 Å². The van der Waals surface area contributed by atoms with Crippen LogP contribution in [0.3, 0.4) is 0 Å². The maximum Gasteiger partial charge on any atom is 0.337 e. The number of carbonyl (C=O) groups excluding carboxylic acids is 2. The molecule has 3 rings (SSSR count). The Bertz CT molecular complexity index is 758. The number of hydrogen-bond acceptors (Lipinski definition) is 4. The van der Waals surface area contributed by atoms with Crippen LogP contribution < -0.4 is 10.6 Å². The Morgan fingerprint density at radius 2 is 1.72 bits per heavy atom. The van der Waals surface area contributed by atoms with Gasteiger partial charge in [0.25, 0.3) is 5.91 Å². The minimum Gasteiger partial charge on any atom is -0.465 e. The normalized spacial score (nSPS) is 16.0. The van der Waals surface area contributed by atoms with E-state index in [1.807, 2.05) is 24.3 Å². The maximum atomic E-state index is 12.4. The monoisotopic (exact) mass is 360 g/mol. The molecular weight excluding hydrogens is 340 g/mol. The first-order valence-electron chi connectivity index (χ1n) is 7.98. The lowest BCUT2D eigenvalue weighted by Gasteiger charge is -2.12. The zero-order valence-electron chi connectivity index (χ0n) is 14.0. The molecule has 1 unspecified atom stereocenters. The second-order valence-electron chi connectivity index (χ2n) is 5.82. The Hall–Kier alpha value is -2.37. The Kier molecular flexibility index (Phi) is 6.56. The van der Waals surface area contributed by atoms with Gasteiger partial charge >= 0.3 is 5.97 Å². The number of amides is 1. The molecule has 0 saturated carbocycles. The molecule has 0 aliphatic carbocycles. The van der Waals surface area contributed by atoms with Crippen LogP contribution in [0.5, 0.6) is 0 Å². The molecule has 1 aliphatic rings. The molecule has 132 valence electrons. The molecular formula is C19H21ClN2O3. The van der Waals surface area contributed by atoms with Crippen molar-refractivity contribution in [2.45, 2.75) is 12.5 Å². The number of carbonyl (C=O) groups is 2. The van der Waals surface area contributed by atoms with E-state index in [1.165, 1.54) is 7.11 Å². The van der Waals surface area contributed by atoms with Gasteiger partial charge < -0.3 is 15.4 Å². The summed E-state index contributed by atoms with van der Waals surface area (Å²) in [5, 5.41) is 6.27. The molecule has 1 atom stereocenters. The van der Waals surface area contributed by atoms with Crippen LogP contribution in [0.25, 0.3) is 11.1 Å². The molecule has 0 aromatic heterocycles. The van der Waals surface area contributed by atoms with E-state index >= 15 is 0 Å². The molecule has 2 N–H and O–H groups in total. The second kappa shape index (κ2) is 8.65. The van der Waals surface area contributed by atoms with Crippen molar-refractivity contribution in [2.75, 3.05) is 20.2 Å². The highest BCUT2D eigenvalue weighted by atomic mass is 35.5. The van der Waals surface area contributed by atoms with Gasteiger partial charge in [0.15, 0.2) is 0 Å². The van der Waals surface area contributed by atoms with Crippen molar-refractivity contribution in [1.82, 2.24) is 10.6 Å². The lowest BCUT2D eigenvalue weighted by molar-refractivity contribution is 0.0600. The molecule has 0 radical (unpaired) electrons. The zero-order valence-corrected chi connectivity index (χ0v) is 14.8. The van der Waals surface area contributed by atoms with Gasteiger partial charge in [-0.25, -0.2) is 4.79 Å². The maximum absolute atomic E-state index is 12.4. The molecule has 2 aromatic rings. The van der Waals surface area contributed by atoms with Gasteiger partial charge in [-0.1, -0.05) is 24.3 Å². The van der Waals surface area contributed by atoms with Crippen LogP contribution in [0.1, 0.15) is 27.1 Å². The first kappa shape index (κ1) is 19.0. The molecule has 1 aliphatic heterocycles. The first-order chi connectivity index (χ1) is 11.7. The quantitative estimate of drug-likeness (QED) is 0.822. The Balaban J connectivity index is 0.00000225. The predicted octanol–water partition coefficient (Wildman–Crippen LogP) is 2.65. The van der Waals surface area contributed by atoms with E-state index in [9.17, 15) is 9.59 Å². The fraction of sp³-hybridized carbons (Fsp3) is 0.263. The molecule has 0 bridgehead atoms. The van der Waals surface area contributed by atoms with Crippen molar-refractivity contribution in [1.29, 1.82) is 0 Å². The second-order valence-corrected chi connectivity index (χ2v) is 5.82. The molecule has 1 heterocycles. The fourth-order valence-electron chi connectivity index (χ4n) is 2.83. The molecule has 0 spiro atoms. The van der Waals surface area contributed by atoms with Crippen LogP contribution >= 0.6 is 12.4 Å². The lowest BCUT2D eigenvalue weighted by atomic mass is 10.0. The summed E-state index contributed by atoms with van der Waals surface area (Å²) in [5.74, 6) is -0.450. The van der Waals surface area contributed by atoms with E-state index < -0.39 is 0 Å². The average Bonchev–Trinajstić information content (AvgIpc) is 3.14. The fourth-order valence-corrected chi connectivity index (χ4v) is 2.83. The molecule has 25 heavy (non-hydrogen) atoms. The summed E-state index contributed by atoms with van der Waals surface area (Å²) in [4.78, 5) is 24.1. The van der Waals surface area contributed by atoms with Crippen molar-refractivity contribution in [3.05, 3.63) is 59.7 Å². The molecule has 5 nitrogen and oxygen atoms in total. The van der Waals surface area contributed by atoms with Gasteiger partial charge in [0.05, 0.1) is 12.7 Å².